The lowest BCUT2D eigenvalue weighted by Crippen LogP contribution is -2.61. The Labute approximate surface area is 221 Å². The van der Waals surface area contributed by atoms with Gasteiger partial charge in [-0.25, -0.2) is 4.79 Å². The number of rotatable bonds is 5. The van der Waals surface area contributed by atoms with Gasteiger partial charge in [0.05, 0.1) is 12.2 Å². The molecule has 214 valence electrons. The highest BCUT2D eigenvalue weighted by atomic mass is 16.7. The molecular weight excluding hydrogens is 500 g/mol. The second-order valence-corrected chi connectivity index (χ2v) is 12.9. The molecule has 2 aliphatic heterocycles. The van der Waals surface area contributed by atoms with Crippen molar-refractivity contribution in [3.63, 3.8) is 0 Å². The predicted octanol–water partition coefficient (Wildman–Crippen LogP) is -0.209. The number of carboxylic acids is 1. The SMILES string of the molecule is C[C@]12CCC(O[C@@H]3O[C@H](C(=O)O)[C@@H](O)[C@@H](O)[C@H]3O)CC1CCC1C3CC[C@H](C(=O)CO)C34CC(OC4O)C12. The van der Waals surface area contributed by atoms with E-state index >= 15 is 0 Å². The van der Waals surface area contributed by atoms with Gasteiger partial charge in [0, 0.05) is 11.3 Å². The van der Waals surface area contributed by atoms with Crippen molar-refractivity contribution in [2.24, 2.45) is 40.4 Å². The molecule has 0 radical (unpaired) electrons. The number of carboxylic acid groups (broad SMARTS) is 1. The van der Waals surface area contributed by atoms with Crippen LogP contribution in [0, 0.1) is 40.4 Å². The van der Waals surface area contributed by atoms with Gasteiger partial charge in [0.1, 0.15) is 24.9 Å². The van der Waals surface area contributed by atoms with E-state index in [9.17, 15) is 40.2 Å². The summed E-state index contributed by atoms with van der Waals surface area (Å²) >= 11 is 0. The Hall–Kier alpha value is -1.18. The summed E-state index contributed by atoms with van der Waals surface area (Å²) in [6.45, 7) is 1.79. The van der Waals surface area contributed by atoms with Gasteiger partial charge >= 0.3 is 5.97 Å². The Bertz CT molecular complexity index is 959. The van der Waals surface area contributed by atoms with Crippen molar-refractivity contribution in [2.75, 3.05) is 6.61 Å². The molecule has 6 N–H and O–H groups in total. The molecule has 6 fully saturated rings. The van der Waals surface area contributed by atoms with Crippen molar-refractivity contribution < 1.29 is 54.4 Å². The van der Waals surface area contributed by atoms with E-state index in [-0.39, 0.29) is 47.1 Å². The average Bonchev–Trinajstić information content (AvgIpc) is 3.41. The van der Waals surface area contributed by atoms with Crippen molar-refractivity contribution in [2.45, 2.75) is 107 Å². The van der Waals surface area contributed by atoms with Crippen molar-refractivity contribution in [1.29, 1.82) is 0 Å². The van der Waals surface area contributed by atoms with Crippen molar-refractivity contribution in [3.8, 4) is 0 Å². The quantitative estimate of drug-likeness (QED) is 0.254. The van der Waals surface area contributed by atoms with E-state index in [0.29, 0.717) is 31.6 Å². The molecule has 8 unspecified atom stereocenters. The molecule has 0 aromatic heterocycles. The number of ether oxygens (including phenoxy) is 3. The fraction of sp³-hybridized carbons (Fsp3) is 0.926. The number of hydrogen-bond acceptors (Lipinski definition) is 10. The lowest BCUT2D eigenvalue weighted by atomic mass is 9.44. The van der Waals surface area contributed by atoms with Gasteiger partial charge in [-0.15, -0.1) is 0 Å². The topological polar surface area (TPSA) is 183 Å². The number of carbonyl (C=O) groups excluding carboxylic acids is 1. The van der Waals surface area contributed by atoms with Crippen LogP contribution in [0.4, 0.5) is 0 Å². The highest BCUT2D eigenvalue weighted by Crippen LogP contribution is 2.71. The molecule has 0 amide bonds. The fourth-order valence-electron chi connectivity index (χ4n) is 9.93. The van der Waals surface area contributed by atoms with Crippen LogP contribution in [0.2, 0.25) is 0 Å². The lowest BCUT2D eigenvalue weighted by molar-refractivity contribution is -0.310. The average molecular weight is 541 g/mol. The highest BCUT2D eigenvalue weighted by molar-refractivity contribution is 5.83. The smallest absolute Gasteiger partial charge is 0.335 e. The maximum atomic E-state index is 12.6. The molecule has 0 aromatic rings. The number of aliphatic carboxylic acids is 1. The van der Waals surface area contributed by atoms with Gasteiger partial charge in [-0.2, -0.15) is 0 Å². The molecule has 15 atom stereocenters. The summed E-state index contributed by atoms with van der Waals surface area (Å²) in [4.78, 5) is 24.1. The van der Waals surface area contributed by atoms with Gasteiger partial charge in [-0.1, -0.05) is 6.92 Å². The van der Waals surface area contributed by atoms with Crippen LogP contribution >= 0.6 is 0 Å². The second-order valence-electron chi connectivity index (χ2n) is 12.9. The van der Waals surface area contributed by atoms with Crippen LogP contribution in [0.1, 0.15) is 58.3 Å². The minimum Gasteiger partial charge on any atom is -0.479 e. The summed E-state index contributed by atoms with van der Waals surface area (Å²) in [5.74, 6) is -0.976. The van der Waals surface area contributed by atoms with Crippen molar-refractivity contribution >= 4 is 11.8 Å². The normalized spacial score (nSPS) is 55.6. The van der Waals surface area contributed by atoms with Crippen molar-refractivity contribution in [3.05, 3.63) is 0 Å². The first kappa shape index (κ1) is 27.0. The molecule has 1 spiro atoms. The molecule has 11 nitrogen and oxygen atoms in total. The van der Waals surface area contributed by atoms with E-state index in [1.165, 1.54) is 0 Å². The third kappa shape index (κ3) is 3.69. The van der Waals surface area contributed by atoms with E-state index < -0.39 is 55.0 Å². The molecule has 6 aliphatic rings. The fourth-order valence-corrected chi connectivity index (χ4v) is 9.93. The largest absolute Gasteiger partial charge is 0.479 e. The first-order chi connectivity index (χ1) is 18.0. The van der Waals surface area contributed by atoms with Gasteiger partial charge in [-0.05, 0) is 80.5 Å². The monoisotopic (exact) mass is 540 g/mol. The predicted molar refractivity (Wildman–Crippen MR) is 127 cm³/mol. The summed E-state index contributed by atoms with van der Waals surface area (Å²) in [7, 11) is 0. The van der Waals surface area contributed by atoms with Crippen LogP contribution in [-0.4, -0.2) is 98.2 Å². The van der Waals surface area contributed by atoms with Crippen LogP contribution in [0.15, 0.2) is 0 Å². The molecule has 4 saturated carbocycles. The van der Waals surface area contributed by atoms with Gasteiger partial charge < -0.3 is 44.8 Å². The third-order valence-electron chi connectivity index (χ3n) is 11.6. The number of fused-ring (bicyclic) bond motifs is 6. The Morgan fingerprint density at radius 3 is 2.45 bits per heavy atom. The number of hydrogen-bond donors (Lipinski definition) is 6. The lowest BCUT2D eigenvalue weighted by Gasteiger charge is -2.60. The zero-order valence-electron chi connectivity index (χ0n) is 21.6. The Kier molecular flexibility index (Phi) is 6.71. The maximum Gasteiger partial charge on any atom is 0.335 e. The van der Waals surface area contributed by atoms with Gasteiger partial charge in [0.15, 0.2) is 24.5 Å². The molecule has 2 saturated heterocycles. The van der Waals surface area contributed by atoms with Crippen LogP contribution in [-0.2, 0) is 23.8 Å². The minimum atomic E-state index is -1.75. The van der Waals surface area contributed by atoms with E-state index in [0.717, 1.165) is 25.7 Å². The molecule has 4 aliphatic carbocycles. The number of aliphatic hydroxyl groups is 5. The van der Waals surface area contributed by atoms with Gasteiger partial charge in [0.2, 0.25) is 0 Å². The second kappa shape index (κ2) is 9.44. The van der Waals surface area contributed by atoms with E-state index in [4.69, 9.17) is 14.2 Å². The standard InChI is InChI=1S/C27H40O11/c1-26-7-6-12(36-24-21(32)19(30)20(31)22(38-24)23(33)34)8-11(26)2-3-13-14-4-5-15(16(29)10-28)27(14)9-17(18(13)26)37-25(27)35/h11-15,17-22,24-25,28,30-32,35H,2-10H2,1H3,(H,33,34)/t11?,12?,13?,14?,15-,17?,18?,19-,20+,21-,22+,24-,25?,26+,27?/m1/s1. The third-order valence-corrected chi connectivity index (χ3v) is 11.6. The molecule has 6 rings (SSSR count). The van der Waals surface area contributed by atoms with Crippen LogP contribution in [0.5, 0.6) is 0 Å². The molecule has 2 bridgehead atoms. The number of carbonyl (C=O) groups is 2. The highest BCUT2D eigenvalue weighted by Gasteiger charge is 2.71. The maximum absolute atomic E-state index is 12.6. The molecule has 2 heterocycles. The van der Waals surface area contributed by atoms with E-state index in [2.05, 4.69) is 6.92 Å². The molecule has 11 heteroatoms. The molecule has 0 aromatic carbocycles. The number of aliphatic hydroxyl groups excluding tert-OH is 5. The molecular formula is C27H40O11. The van der Waals surface area contributed by atoms with Gasteiger partial charge in [0.25, 0.3) is 0 Å². The van der Waals surface area contributed by atoms with Crippen LogP contribution < -0.4 is 0 Å². The zero-order chi connectivity index (χ0) is 27.1. The Morgan fingerprint density at radius 2 is 1.74 bits per heavy atom. The Balaban J connectivity index is 1.18. The first-order valence-electron chi connectivity index (χ1n) is 14.1. The van der Waals surface area contributed by atoms with Gasteiger partial charge in [-0.3, -0.25) is 4.79 Å². The van der Waals surface area contributed by atoms with E-state index in [1.54, 1.807) is 0 Å². The Morgan fingerprint density at radius 1 is 0.974 bits per heavy atom. The van der Waals surface area contributed by atoms with E-state index in [1.807, 2.05) is 0 Å². The summed E-state index contributed by atoms with van der Waals surface area (Å²) in [5.41, 5.74) is -0.677. The minimum absolute atomic E-state index is 0.0753. The zero-order valence-corrected chi connectivity index (χ0v) is 21.6. The van der Waals surface area contributed by atoms with Crippen LogP contribution in [0.25, 0.3) is 0 Å². The molecule has 38 heavy (non-hydrogen) atoms. The summed E-state index contributed by atoms with van der Waals surface area (Å²) < 4.78 is 17.6. The van der Waals surface area contributed by atoms with Crippen molar-refractivity contribution in [1.82, 2.24) is 0 Å². The van der Waals surface area contributed by atoms with Crippen LogP contribution in [0.3, 0.4) is 0 Å². The first-order valence-corrected chi connectivity index (χ1v) is 14.1. The number of Topliss-reactive ketones (excluding diaryl/α,β-unsaturated/α-hetero) is 1. The number of ketones is 1. The summed E-state index contributed by atoms with van der Waals surface area (Å²) in [6, 6.07) is 0. The summed E-state index contributed by atoms with van der Waals surface area (Å²) in [6.07, 6.45) is -3.32. The summed E-state index contributed by atoms with van der Waals surface area (Å²) in [5, 5.41) is 60.6.